The fourth-order valence-electron chi connectivity index (χ4n) is 4.14. The first kappa shape index (κ1) is 32.7. The van der Waals surface area contributed by atoms with Crippen LogP contribution in [0.2, 0.25) is 0 Å². The van der Waals surface area contributed by atoms with Crippen molar-refractivity contribution in [1.82, 2.24) is 24.8 Å². The standard InChI is InChI=1S/C20H23N5O2S.C13H21N/c1-13-6-5-7-15(22-13)16-12-28-19(23-16)24-17(26)10-21-18(27)14-8-9-25(11-14)20(2,3)4;1-4-11(3)6-7-13-10-14-9-8-12(13)5-2/h5-9,11-12H,10H2,1-4H3,(H,21,27)(H,23,24,26);8-11H,4-7H2,1-3H3. The molecule has 1 unspecified atom stereocenters. The normalized spacial score (nSPS) is 11.8. The third-order valence-electron chi connectivity index (χ3n) is 7.03. The number of pyridine rings is 2. The number of nitrogens with one attached hydrogen (secondary N) is 2. The van der Waals surface area contributed by atoms with Gasteiger partial charge in [-0.2, -0.15) is 0 Å². The largest absolute Gasteiger partial charge is 0.348 e. The highest BCUT2D eigenvalue weighted by Gasteiger charge is 2.16. The second-order valence-corrected chi connectivity index (χ2v) is 12.3. The molecule has 0 radical (unpaired) electrons. The maximum atomic E-state index is 12.2. The number of amides is 2. The van der Waals surface area contributed by atoms with E-state index in [1.165, 1.54) is 41.7 Å². The Balaban J connectivity index is 0.000000291. The number of aromatic nitrogens is 4. The summed E-state index contributed by atoms with van der Waals surface area (Å²) >= 11 is 1.32. The molecule has 0 fully saturated rings. The Morgan fingerprint density at radius 2 is 1.83 bits per heavy atom. The summed E-state index contributed by atoms with van der Waals surface area (Å²) in [5.74, 6) is 0.212. The van der Waals surface area contributed by atoms with Crippen molar-refractivity contribution >= 4 is 28.3 Å². The van der Waals surface area contributed by atoms with E-state index >= 15 is 0 Å². The predicted octanol–water partition coefficient (Wildman–Crippen LogP) is 7.06. The Morgan fingerprint density at radius 1 is 1.05 bits per heavy atom. The van der Waals surface area contributed by atoms with Crippen molar-refractivity contribution in [2.75, 3.05) is 11.9 Å². The minimum Gasteiger partial charge on any atom is -0.348 e. The average Bonchev–Trinajstić information content (AvgIpc) is 3.66. The highest BCUT2D eigenvalue weighted by molar-refractivity contribution is 7.14. The van der Waals surface area contributed by atoms with Crippen molar-refractivity contribution in [2.24, 2.45) is 5.92 Å². The van der Waals surface area contributed by atoms with Crippen LogP contribution in [0.3, 0.4) is 0 Å². The number of thiazole rings is 1. The van der Waals surface area contributed by atoms with Crippen LogP contribution in [0.15, 0.2) is 60.5 Å². The Hall–Kier alpha value is -3.85. The summed E-state index contributed by atoms with van der Waals surface area (Å²) in [4.78, 5) is 37.4. The Kier molecular flexibility index (Phi) is 12.0. The van der Waals surface area contributed by atoms with Crippen molar-refractivity contribution in [1.29, 1.82) is 0 Å². The zero-order chi connectivity index (χ0) is 30.7. The molecule has 0 saturated heterocycles. The second-order valence-electron chi connectivity index (χ2n) is 11.5. The Bertz CT molecular complexity index is 1450. The molecule has 4 heterocycles. The average molecular weight is 589 g/mol. The molecule has 224 valence electrons. The van der Waals surface area contributed by atoms with E-state index in [-0.39, 0.29) is 23.9 Å². The minimum atomic E-state index is -0.332. The lowest BCUT2D eigenvalue weighted by molar-refractivity contribution is -0.115. The molecule has 2 amide bonds. The van der Waals surface area contributed by atoms with Gasteiger partial charge in [0.25, 0.3) is 5.91 Å². The number of carbonyl (C=O) groups is 2. The molecule has 8 nitrogen and oxygen atoms in total. The van der Waals surface area contributed by atoms with Gasteiger partial charge in [-0.1, -0.05) is 33.3 Å². The first-order valence-electron chi connectivity index (χ1n) is 14.6. The molecular formula is C33H44N6O2S. The maximum absolute atomic E-state index is 12.2. The van der Waals surface area contributed by atoms with Gasteiger partial charge in [0.1, 0.15) is 5.69 Å². The molecule has 0 saturated carbocycles. The first-order valence-corrected chi connectivity index (χ1v) is 15.5. The minimum absolute atomic E-state index is 0.107. The third-order valence-corrected chi connectivity index (χ3v) is 7.79. The summed E-state index contributed by atoms with van der Waals surface area (Å²) < 4.78 is 1.96. The van der Waals surface area contributed by atoms with Crippen molar-refractivity contribution in [3.05, 3.63) is 82.9 Å². The SMILES string of the molecule is CCc1ccncc1CCC(C)CC.Cc1cccc(-c2csc(NC(=O)CNC(=O)c3ccn(C(C)(C)C)c3)n2)n1. The van der Waals surface area contributed by atoms with Gasteiger partial charge in [0.15, 0.2) is 5.13 Å². The number of hydrogen-bond acceptors (Lipinski definition) is 6. The van der Waals surface area contributed by atoms with Crippen molar-refractivity contribution in [3.8, 4) is 11.4 Å². The lowest BCUT2D eigenvalue weighted by Crippen LogP contribution is -2.32. The van der Waals surface area contributed by atoms with Gasteiger partial charge in [-0.25, -0.2) is 4.98 Å². The lowest BCUT2D eigenvalue weighted by Gasteiger charge is -2.20. The number of aryl methyl sites for hydroxylation is 3. The molecule has 4 aromatic heterocycles. The number of nitrogens with zero attached hydrogens (tertiary/aromatic N) is 4. The molecule has 4 aromatic rings. The molecule has 0 aliphatic heterocycles. The van der Waals surface area contributed by atoms with Gasteiger partial charge in [0.05, 0.1) is 17.8 Å². The smallest absolute Gasteiger partial charge is 0.253 e. The van der Waals surface area contributed by atoms with Gasteiger partial charge in [0, 0.05) is 41.4 Å². The molecule has 42 heavy (non-hydrogen) atoms. The summed E-state index contributed by atoms with van der Waals surface area (Å²) in [5.41, 5.74) is 5.68. The molecule has 0 aliphatic rings. The number of hydrogen-bond donors (Lipinski definition) is 2. The van der Waals surface area contributed by atoms with Crippen LogP contribution in [-0.2, 0) is 23.2 Å². The maximum Gasteiger partial charge on any atom is 0.253 e. The van der Waals surface area contributed by atoms with Gasteiger partial charge < -0.3 is 15.2 Å². The molecule has 0 aliphatic carbocycles. The van der Waals surface area contributed by atoms with Crippen molar-refractivity contribution in [2.45, 2.75) is 79.7 Å². The van der Waals surface area contributed by atoms with Crippen LogP contribution in [-0.4, -0.2) is 37.9 Å². The second kappa shape index (κ2) is 15.4. The van der Waals surface area contributed by atoms with Gasteiger partial charge in [-0.15, -0.1) is 11.3 Å². The van der Waals surface area contributed by atoms with Crippen LogP contribution in [0.1, 0.15) is 81.6 Å². The highest BCUT2D eigenvalue weighted by atomic mass is 32.1. The van der Waals surface area contributed by atoms with Gasteiger partial charge >= 0.3 is 0 Å². The van der Waals surface area contributed by atoms with Gasteiger partial charge in [0.2, 0.25) is 5.91 Å². The summed E-state index contributed by atoms with van der Waals surface area (Å²) in [6.45, 7) is 14.7. The summed E-state index contributed by atoms with van der Waals surface area (Å²) in [6, 6.07) is 9.58. The molecule has 0 bridgehead atoms. The van der Waals surface area contributed by atoms with Crippen LogP contribution in [0, 0.1) is 12.8 Å². The lowest BCUT2D eigenvalue weighted by atomic mass is 9.97. The van der Waals surface area contributed by atoms with Crippen molar-refractivity contribution in [3.63, 3.8) is 0 Å². The molecular weight excluding hydrogens is 544 g/mol. The van der Waals surface area contributed by atoms with Crippen LogP contribution in [0.25, 0.3) is 11.4 Å². The highest BCUT2D eigenvalue weighted by Crippen LogP contribution is 2.23. The molecule has 0 spiro atoms. The van der Waals surface area contributed by atoms with E-state index in [1.807, 2.05) is 53.7 Å². The fourth-order valence-corrected chi connectivity index (χ4v) is 4.86. The summed E-state index contributed by atoms with van der Waals surface area (Å²) in [6.07, 6.45) is 12.4. The topological polar surface area (TPSA) is 102 Å². The van der Waals surface area contributed by atoms with Crippen LogP contribution < -0.4 is 10.6 Å². The van der Waals surface area contributed by atoms with Gasteiger partial charge in [-0.05, 0) is 88.3 Å². The number of carbonyl (C=O) groups excluding carboxylic acids is 2. The first-order chi connectivity index (χ1) is 20.0. The third kappa shape index (κ3) is 9.91. The molecule has 2 N–H and O–H groups in total. The zero-order valence-corrected chi connectivity index (χ0v) is 26.7. The van der Waals surface area contributed by atoms with Gasteiger partial charge in [-0.3, -0.25) is 19.6 Å². The quantitative estimate of drug-likeness (QED) is 0.206. The van der Waals surface area contributed by atoms with E-state index in [4.69, 9.17) is 0 Å². The number of anilines is 1. The van der Waals surface area contributed by atoms with E-state index in [1.54, 1.807) is 12.3 Å². The monoisotopic (exact) mass is 588 g/mol. The molecule has 1 atom stereocenters. The number of rotatable bonds is 10. The summed E-state index contributed by atoms with van der Waals surface area (Å²) in [5, 5.41) is 7.64. The Morgan fingerprint density at radius 3 is 2.50 bits per heavy atom. The van der Waals surface area contributed by atoms with E-state index in [9.17, 15) is 9.59 Å². The van der Waals surface area contributed by atoms with Crippen molar-refractivity contribution < 1.29 is 9.59 Å². The van der Waals surface area contributed by atoms with Crippen LogP contribution in [0.4, 0.5) is 5.13 Å². The molecule has 4 rings (SSSR count). The Labute approximate surface area is 254 Å². The molecule has 9 heteroatoms. The van der Waals surface area contributed by atoms with E-state index in [2.05, 4.69) is 73.2 Å². The zero-order valence-electron chi connectivity index (χ0n) is 25.9. The van der Waals surface area contributed by atoms with Crippen LogP contribution >= 0.6 is 11.3 Å². The molecule has 0 aromatic carbocycles. The van der Waals surface area contributed by atoms with Crippen LogP contribution in [0.5, 0.6) is 0 Å². The van der Waals surface area contributed by atoms with E-state index < -0.39 is 0 Å². The van der Waals surface area contributed by atoms with E-state index in [0.29, 0.717) is 16.4 Å². The fraction of sp³-hybridized carbons (Fsp3) is 0.424. The van der Waals surface area contributed by atoms with E-state index in [0.717, 1.165) is 23.7 Å². The predicted molar refractivity (Wildman–Crippen MR) is 172 cm³/mol. The summed E-state index contributed by atoms with van der Waals surface area (Å²) in [7, 11) is 0.